The van der Waals surface area contributed by atoms with Crippen molar-refractivity contribution in [1.82, 2.24) is 131 Å². The molecule has 30 nitrogen and oxygen atoms in total. The van der Waals surface area contributed by atoms with Gasteiger partial charge in [0.2, 0.25) is 11.8 Å². The SMILES string of the molecule is CCC1(CC)CCC(c2c(CN(C)CCNC)nn3c2CCCC3)CC1.CCC1(CC)CCC(c2c(CN(C)CCNC)nn3c2COCC3)CC1.CNCCN(C)Cc1nn2c(c1C1CCC3(CC1)CNC(=O)C3)CCC2.CNCCN(C)Cc1nn2c(c1C1CCC3(CCNC3=O)CC1)CCC2.CNCCN(C)Cc1nn2c(c1C1CCCCC1)CCCC2.CNCCN(C)Cc1nn2c(c1C1CCCCC1)COCC2. The zero-order valence-electron chi connectivity index (χ0n) is 96.1. The summed E-state index contributed by atoms with van der Waals surface area (Å²) in [6.45, 7) is 38.9. The monoisotopic (exact) mass is 2050 g/mol. The van der Waals surface area contributed by atoms with Crippen LogP contribution in [-0.2, 0) is 136 Å². The molecule has 0 atom stereocenters. The summed E-state index contributed by atoms with van der Waals surface area (Å²) < 4.78 is 25.2. The second-order valence-electron chi connectivity index (χ2n) is 48.4. The maximum Gasteiger partial charge on any atom is 0.226 e. The quantitative estimate of drug-likeness (QED) is 0.0178. The number of ether oxygens (including phenoxy) is 2. The van der Waals surface area contributed by atoms with Crippen LogP contribution in [0.1, 0.15) is 409 Å². The lowest BCUT2D eigenvalue weighted by Gasteiger charge is -2.39. The molecule has 14 heterocycles. The number of aryl methyl sites for hydroxylation is 4. The van der Waals surface area contributed by atoms with E-state index >= 15 is 0 Å². The number of aromatic nitrogens is 12. The van der Waals surface area contributed by atoms with Gasteiger partial charge in [-0.15, -0.1) is 0 Å². The van der Waals surface area contributed by atoms with Gasteiger partial charge in [-0.05, 0) is 335 Å². The van der Waals surface area contributed by atoms with Crippen molar-refractivity contribution in [3.63, 3.8) is 0 Å². The Morgan fingerprint density at radius 3 is 0.858 bits per heavy atom. The van der Waals surface area contributed by atoms with E-state index < -0.39 is 0 Å². The fraction of sp³-hybridized carbons (Fsp3) is 0.831. The molecule has 0 radical (unpaired) electrons. The van der Waals surface area contributed by atoms with E-state index in [9.17, 15) is 9.59 Å². The van der Waals surface area contributed by atoms with Crippen LogP contribution in [0.5, 0.6) is 0 Å². The molecule has 6 aromatic heterocycles. The minimum absolute atomic E-state index is 0.0589. The third-order valence-electron chi connectivity index (χ3n) is 38.3. The zero-order valence-corrected chi connectivity index (χ0v) is 96.1. The fourth-order valence-electron chi connectivity index (χ4n) is 28.8. The van der Waals surface area contributed by atoms with Crippen LogP contribution in [0.25, 0.3) is 0 Å². The first kappa shape index (κ1) is 116. The number of rotatable bonds is 40. The lowest BCUT2D eigenvalue weighted by Crippen LogP contribution is -2.35. The van der Waals surface area contributed by atoms with E-state index in [0.717, 1.165) is 247 Å². The van der Waals surface area contributed by atoms with Gasteiger partial charge in [-0.2, -0.15) is 30.6 Å². The van der Waals surface area contributed by atoms with Gasteiger partial charge >= 0.3 is 0 Å². The summed E-state index contributed by atoms with van der Waals surface area (Å²) in [6.07, 6.45) is 53.5. The molecule has 832 valence electrons. The van der Waals surface area contributed by atoms with Crippen LogP contribution < -0.4 is 42.5 Å². The van der Waals surface area contributed by atoms with Gasteiger partial charge in [0.25, 0.3) is 0 Å². The predicted octanol–water partition coefficient (Wildman–Crippen LogP) is 16.2. The van der Waals surface area contributed by atoms with E-state index in [2.05, 4.69) is 170 Å². The molecule has 6 aromatic rings. The maximum absolute atomic E-state index is 12.3. The Bertz CT molecular complexity index is 4790. The Hall–Kier alpha value is -6.36. The number of hydrogen-bond donors (Lipinski definition) is 8. The molecule has 2 saturated heterocycles. The van der Waals surface area contributed by atoms with Crippen LogP contribution in [0.15, 0.2) is 0 Å². The Morgan fingerprint density at radius 2 is 0.581 bits per heavy atom. The number of amides is 2. The van der Waals surface area contributed by atoms with Gasteiger partial charge in [-0.1, -0.05) is 91.9 Å². The molecule has 8 fully saturated rings. The summed E-state index contributed by atoms with van der Waals surface area (Å²) in [5.74, 6) is 4.67. The van der Waals surface area contributed by atoms with Crippen molar-refractivity contribution < 1.29 is 19.1 Å². The first-order valence-electron chi connectivity index (χ1n) is 60.3. The highest BCUT2D eigenvalue weighted by Crippen LogP contribution is 2.54. The van der Waals surface area contributed by atoms with Crippen LogP contribution in [0, 0.1) is 21.7 Å². The molecule has 30 heteroatoms. The smallest absolute Gasteiger partial charge is 0.226 e. The zero-order chi connectivity index (χ0) is 104. The number of likely N-dealkylation sites (N-methyl/N-ethyl adjacent to an activating group) is 12. The van der Waals surface area contributed by atoms with Crippen LogP contribution in [-0.4, -0.2) is 289 Å². The minimum Gasteiger partial charge on any atom is -0.373 e. The summed E-state index contributed by atoms with van der Waals surface area (Å²) in [6, 6.07) is 0. The van der Waals surface area contributed by atoms with E-state index in [1.807, 2.05) is 42.3 Å². The summed E-state index contributed by atoms with van der Waals surface area (Å²) >= 11 is 0. The lowest BCUT2D eigenvalue weighted by molar-refractivity contribution is -0.129. The molecule has 2 amide bonds. The molecule has 0 aromatic carbocycles. The molecule has 8 aliphatic heterocycles. The largest absolute Gasteiger partial charge is 0.373 e. The number of hydrogen-bond acceptors (Lipinski definition) is 22. The van der Waals surface area contributed by atoms with Gasteiger partial charge in [-0.3, -0.25) is 67.1 Å². The van der Waals surface area contributed by atoms with E-state index in [4.69, 9.17) is 40.1 Å². The highest BCUT2D eigenvalue weighted by molar-refractivity contribution is 5.84. The van der Waals surface area contributed by atoms with Crippen LogP contribution in [0.3, 0.4) is 0 Å². The minimum atomic E-state index is -0.0589. The summed E-state index contributed by atoms with van der Waals surface area (Å²) in [5.41, 5.74) is 27.7. The highest BCUT2D eigenvalue weighted by Gasteiger charge is 2.48. The van der Waals surface area contributed by atoms with Crippen molar-refractivity contribution in [3.8, 4) is 0 Å². The molecular weight excluding hydrogens is 1850 g/mol. The number of nitrogens with one attached hydrogen (secondary N) is 8. The van der Waals surface area contributed by atoms with Crippen LogP contribution >= 0.6 is 0 Å². The van der Waals surface area contributed by atoms with Gasteiger partial charge in [0, 0.05) is 220 Å². The molecule has 6 saturated carbocycles. The van der Waals surface area contributed by atoms with Gasteiger partial charge in [0.1, 0.15) is 0 Å². The average molecular weight is 2050 g/mol. The topological polar surface area (TPSA) is 275 Å². The predicted molar refractivity (Wildman–Crippen MR) is 599 cm³/mol. The molecular formula is C118H206N26O4. The van der Waals surface area contributed by atoms with Crippen molar-refractivity contribution in [2.24, 2.45) is 21.7 Å². The second kappa shape index (κ2) is 56.8. The molecule has 14 aliphatic rings. The average Bonchev–Trinajstić information content (AvgIpc) is 1.60. The molecule has 148 heavy (non-hydrogen) atoms. The Kier molecular flexibility index (Phi) is 44.4. The second-order valence-corrected chi connectivity index (χ2v) is 48.4. The van der Waals surface area contributed by atoms with E-state index in [0.29, 0.717) is 40.4 Å². The molecule has 6 aliphatic carbocycles. The molecule has 8 N–H and O–H groups in total. The van der Waals surface area contributed by atoms with Crippen molar-refractivity contribution in [2.45, 2.75) is 425 Å². The van der Waals surface area contributed by atoms with Crippen molar-refractivity contribution in [2.75, 3.05) is 189 Å². The highest BCUT2D eigenvalue weighted by atomic mass is 16.5. The first-order chi connectivity index (χ1) is 72.1. The molecule has 2 spiro atoms. The van der Waals surface area contributed by atoms with Crippen LogP contribution in [0.2, 0.25) is 0 Å². The third kappa shape index (κ3) is 29.5. The summed E-state index contributed by atoms with van der Waals surface area (Å²) in [5, 5.41) is 55.7. The molecule has 0 bridgehead atoms. The number of carbonyl (C=O) groups is 2. The Balaban J connectivity index is 0.000000133. The Morgan fingerprint density at radius 1 is 0.311 bits per heavy atom. The fourth-order valence-corrected chi connectivity index (χ4v) is 28.8. The maximum atomic E-state index is 12.3. The summed E-state index contributed by atoms with van der Waals surface area (Å²) in [7, 11) is 25.3. The summed E-state index contributed by atoms with van der Waals surface area (Å²) in [4.78, 5) is 38.4. The Labute approximate surface area is 893 Å². The van der Waals surface area contributed by atoms with Crippen molar-refractivity contribution >= 4 is 11.8 Å². The van der Waals surface area contributed by atoms with Gasteiger partial charge in [0.05, 0.1) is 90.5 Å². The number of fused-ring (bicyclic) bond motifs is 6. The van der Waals surface area contributed by atoms with E-state index in [1.54, 1.807) is 28.1 Å². The van der Waals surface area contributed by atoms with Crippen LogP contribution in [0.4, 0.5) is 0 Å². The molecule has 0 unspecified atom stereocenters. The third-order valence-corrected chi connectivity index (χ3v) is 38.3. The van der Waals surface area contributed by atoms with E-state index in [1.165, 1.54) is 305 Å². The van der Waals surface area contributed by atoms with Gasteiger partial charge < -0.3 is 52.0 Å². The van der Waals surface area contributed by atoms with Gasteiger partial charge in [0.15, 0.2) is 0 Å². The lowest BCUT2D eigenvalue weighted by atomic mass is 9.66. The number of carbonyl (C=O) groups excluding carboxylic acids is 2. The first-order valence-corrected chi connectivity index (χ1v) is 60.3. The number of nitrogens with zero attached hydrogens (tertiary/aromatic N) is 18. The normalized spacial score (nSPS) is 20.9. The van der Waals surface area contributed by atoms with E-state index in [-0.39, 0.29) is 16.7 Å². The molecule has 20 rings (SSSR count). The van der Waals surface area contributed by atoms with Gasteiger partial charge in [-0.25, -0.2) is 0 Å². The van der Waals surface area contributed by atoms with Crippen molar-refractivity contribution in [1.29, 1.82) is 0 Å². The van der Waals surface area contributed by atoms with Crippen molar-refractivity contribution in [3.05, 3.63) is 102 Å². The standard InChI is InChI=1S/C22H40N4.C21H38N4O.2C20H33N5O.C18H32N4.C17H30N4O/c1-5-22(6-2)12-10-18(11-13-22)21-19(17-25(4)16-14-23-3)24-26-15-8-7-9-20(21)26;1-5-21(6-2)9-7-17(8-10-21)20-18(15-24(4)12-11-22-3)23-25-13-14-26-16-19(20)25;1-21-11-13-24(2)14-16-18(17-4-3-12-25(17)23-16)15-5-7-20(8-6-15)9-10-22-19(20)26;1-21-9-11-24(2)13-16-19(17-4-3-10-25(17)23-16)15-5-7-20(8-6-15)12-18(26)22-14-20;1-19-11-13-21(2)14-16-18(15-8-4-3-5-9-15)17-10-6-7-12-22(17)20-16;1-18-8-9-20(2)12-15-17(14-6-4-3-5-7-14)16-13-22-11-10-21(16)19-15/h18,23H,5-17H2,1-4H3;17,22H,5-16H2,1-4H3;2*15,21H,3-14H2,1-2H3,(H,22,26);15,19H,3-14H2,1-2H3;14,18H,3-13H2,1-2H3.